The first-order valence-corrected chi connectivity index (χ1v) is 8.37. The van der Waals surface area contributed by atoms with Crippen molar-refractivity contribution in [2.45, 2.75) is 13.3 Å². The van der Waals surface area contributed by atoms with Crippen molar-refractivity contribution in [3.05, 3.63) is 35.1 Å². The molecule has 0 aromatic carbocycles. The Hall–Kier alpha value is -3.41. The highest BCUT2D eigenvalue weighted by molar-refractivity contribution is 5.89. The highest BCUT2D eigenvalue weighted by atomic mass is 16.2. The van der Waals surface area contributed by atoms with Gasteiger partial charge in [-0.1, -0.05) is 0 Å². The molecule has 0 saturated carbocycles. The summed E-state index contributed by atoms with van der Waals surface area (Å²) in [5.41, 5.74) is 2.15. The monoisotopic (exact) mass is 351 g/mol. The van der Waals surface area contributed by atoms with Crippen molar-refractivity contribution in [3.8, 4) is 17.2 Å². The van der Waals surface area contributed by atoms with E-state index >= 15 is 0 Å². The molecule has 1 amide bonds. The van der Waals surface area contributed by atoms with Gasteiger partial charge in [0.2, 0.25) is 0 Å². The third-order valence-corrected chi connectivity index (χ3v) is 4.92. The fraction of sp³-hybridized carbons (Fsp3) is 0.353. The number of carbonyl (C=O) groups is 1. The van der Waals surface area contributed by atoms with Gasteiger partial charge in [0, 0.05) is 42.5 Å². The highest BCUT2D eigenvalue weighted by Gasteiger charge is 2.31. The van der Waals surface area contributed by atoms with Crippen LogP contribution < -0.4 is 5.69 Å². The SMILES string of the molecule is CC(C#N)C1CCN(C(=O)n2cc(-c3ccnc4[nH]c(=O)[nH]c34)cn2)C1. The van der Waals surface area contributed by atoms with E-state index < -0.39 is 0 Å². The molecule has 0 radical (unpaired) electrons. The molecule has 1 fully saturated rings. The predicted molar refractivity (Wildman–Crippen MR) is 93.2 cm³/mol. The molecule has 2 atom stereocenters. The van der Waals surface area contributed by atoms with Gasteiger partial charge in [0.25, 0.3) is 0 Å². The first-order valence-electron chi connectivity index (χ1n) is 8.37. The number of aromatic amines is 2. The number of nitrogens with zero attached hydrogens (tertiary/aromatic N) is 5. The summed E-state index contributed by atoms with van der Waals surface area (Å²) in [6.07, 6.45) is 5.64. The Kier molecular flexibility index (Phi) is 3.80. The molecule has 0 bridgehead atoms. The molecule has 3 aromatic rings. The van der Waals surface area contributed by atoms with Crippen LogP contribution in [0.1, 0.15) is 13.3 Å². The summed E-state index contributed by atoms with van der Waals surface area (Å²) in [5.74, 6) is 0.125. The number of nitrogens with one attached hydrogen (secondary N) is 2. The van der Waals surface area contributed by atoms with E-state index in [9.17, 15) is 9.59 Å². The molecule has 9 nitrogen and oxygen atoms in total. The van der Waals surface area contributed by atoms with E-state index in [-0.39, 0.29) is 23.6 Å². The number of pyridine rings is 1. The number of carbonyl (C=O) groups excluding carboxylic acids is 1. The molecule has 4 rings (SSSR count). The average Bonchev–Trinajstić information content (AvgIpc) is 3.37. The van der Waals surface area contributed by atoms with E-state index in [1.165, 1.54) is 4.68 Å². The summed E-state index contributed by atoms with van der Waals surface area (Å²) >= 11 is 0. The Balaban J connectivity index is 1.59. The molecule has 26 heavy (non-hydrogen) atoms. The molecule has 0 spiro atoms. The number of rotatable bonds is 2. The predicted octanol–water partition coefficient (Wildman–Crippen LogP) is 1.56. The Labute approximate surface area is 148 Å². The molecule has 9 heteroatoms. The van der Waals surface area contributed by atoms with Gasteiger partial charge in [0.15, 0.2) is 5.65 Å². The Morgan fingerprint density at radius 2 is 2.31 bits per heavy atom. The molecule has 1 aliphatic heterocycles. The van der Waals surface area contributed by atoms with E-state index in [1.807, 2.05) is 6.92 Å². The van der Waals surface area contributed by atoms with Gasteiger partial charge in [-0.3, -0.25) is 4.98 Å². The van der Waals surface area contributed by atoms with Crippen molar-refractivity contribution in [2.75, 3.05) is 13.1 Å². The van der Waals surface area contributed by atoms with Gasteiger partial charge in [-0.05, 0) is 25.3 Å². The third kappa shape index (κ3) is 2.65. The van der Waals surface area contributed by atoms with E-state index in [0.717, 1.165) is 12.0 Å². The fourth-order valence-corrected chi connectivity index (χ4v) is 3.36. The minimum Gasteiger partial charge on any atom is -0.323 e. The maximum absolute atomic E-state index is 12.7. The molecule has 1 aliphatic rings. The van der Waals surface area contributed by atoms with Crippen molar-refractivity contribution >= 4 is 17.2 Å². The van der Waals surface area contributed by atoms with Crippen LogP contribution in [0.15, 0.2) is 29.5 Å². The number of hydrogen-bond donors (Lipinski definition) is 2. The normalized spacial score (nSPS) is 18.2. The molecule has 2 unspecified atom stereocenters. The lowest BCUT2D eigenvalue weighted by molar-refractivity contribution is 0.204. The third-order valence-electron chi connectivity index (χ3n) is 4.92. The van der Waals surface area contributed by atoms with E-state index in [1.54, 1.807) is 29.6 Å². The van der Waals surface area contributed by atoms with E-state index in [2.05, 4.69) is 26.1 Å². The number of H-pyrrole nitrogens is 2. The number of fused-ring (bicyclic) bond motifs is 1. The molecule has 2 N–H and O–H groups in total. The topological polar surface area (TPSA) is 123 Å². The van der Waals surface area contributed by atoms with Gasteiger partial charge in [-0.2, -0.15) is 15.0 Å². The van der Waals surface area contributed by atoms with Crippen LogP contribution >= 0.6 is 0 Å². The van der Waals surface area contributed by atoms with Crippen LogP contribution in [0.3, 0.4) is 0 Å². The van der Waals surface area contributed by atoms with Crippen molar-refractivity contribution < 1.29 is 4.79 Å². The van der Waals surface area contributed by atoms with Crippen LogP contribution in [-0.4, -0.2) is 48.8 Å². The average molecular weight is 351 g/mol. The van der Waals surface area contributed by atoms with E-state index in [4.69, 9.17) is 5.26 Å². The van der Waals surface area contributed by atoms with Crippen molar-refractivity contribution in [1.29, 1.82) is 5.26 Å². The lowest BCUT2D eigenvalue weighted by Gasteiger charge is -2.16. The Morgan fingerprint density at radius 3 is 3.12 bits per heavy atom. The number of nitriles is 1. The number of imidazole rings is 1. The first-order chi connectivity index (χ1) is 12.6. The number of amides is 1. The van der Waals surface area contributed by atoms with Crippen molar-refractivity contribution in [3.63, 3.8) is 0 Å². The lowest BCUT2D eigenvalue weighted by Crippen LogP contribution is -2.33. The minimum absolute atomic E-state index is 0.0727. The van der Waals surface area contributed by atoms with Crippen LogP contribution in [0.5, 0.6) is 0 Å². The summed E-state index contributed by atoms with van der Waals surface area (Å²) in [6, 6.07) is 3.80. The second kappa shape index (κ2) is 6.15. The number of aromatic nitrogens is 5. The van der Waals surface area contributed by atoms with Gasteiger partial charge in [-0.25, -0.2) is 14.6 Å². The molecular formula is C17H17N7O2. The van der Waals surface area contributed by atoms with Gasteiger partial charge in [-0.15, -0.1) is 0 Å². The van der Waals surface area contributed by atoms with Gasteiger partial charge in [0.05, 0.1) is 17.8 Å². The van der Waals surface area contributed by atoms with E-state index in [0.29, 0.717) is 29.8 Å². The largest absolute Gasteiger partial charge is 0.344 e. The second-order valence-electron chi connectivity index (χ2n) is 6.53. The Bertz CT molecular complexity index is 1070. The maximum atomic E-state index is 12.7. The van der Waals surface area contributed by atoms with Gasteiger partial charge >= 0.3 is 11.7 Å². The molecule has 1 saturated heterocycles. The quantitative estimate of drug-likeness (QED) is 0.725. The summed E-state index contributed by atoms with van der Waals surface area (Å²) < 4.78 is 1.30. The summed E-state index contributed by atoms with van der Waals surface area (Å²) in [5, 5.41) is 13.2. The zero-order valence-corrected chi connectivity index (χ0v) is 14.1. The van der Waals surface area contributed by atoms with Gasteiger partial charge < -0.3 is 9.88 Å². The highest BCUT2D eigenvalue weighted by Crippen LogP contribution is 2.26. The number of hydrogen-bond acceptors (Lipinski definition) is 5. The van der Waals surface area contributed by atoms with Crippen LogP contribution in [0, 0.1) is 23.2 Å². The van der Waals surface area contributed by atoms with Crippen molar-refractivity contribution in [2.24, 2.45) is 11.8 Å². The summed E-state index contributed by atoms with van der Waals surface area (Å²) in [6.45, 7) is 3.07. The smallest absolute Gasteiger partial charge is 0.323 e. The molecule has 132 valence electrons. The lowest BCUT2D eigenvalue weighted by atomic mass is 9.95. The van der Waals surface area contributed by atoms with Crippen molar-refractivity contribution in [1.82, 2.24) is 29.6 Å². The van der Waals surface area contributed by atoms with Crippen LogP contribution in [0.25, 0.3) is 22.3 Å². The zero-order chi connectivity index (χ0) is 18.3. The van der Waals surface area contributed by atoms with Gasteiger partial charge in [0.1, 0.15) is 0 Å². The molecular weight excluding hydrogens is 334 g/mol. The Morgan fingerprint density at radius 1 is 1.46 bits per heavy atom. The number of likely N-dealkylation sites (tertiary alicyclic amines) is 1. The molecule has 0 aliphatic carbocycles. The van der Waals surface area contributed by atoms with Crippen LogP contribution in [0.4, 0.5) is 4.79 Å². The first kappa shape index (κ1) is 16.1. The second-order valence-corrected chi connectivity index (χ2v) is 6.53. The minimum atomic E-state index is -0.335. The maximum Gasteiger partial charge on any atom is 0.344 e. The standard InChI is InChI=1S/C17H17N7O2/c1-10(6-18)11-3-5-23(8-11)17(26)24-9-12(7-20-24)13-2-4-19-15-14(13)21-16(25)22-15/h2,4,7,9-11H,3,5,8H2,1H3,(H2,19,21,22,25). The zero-order valence-electron chi connectivity index (χ0n) is 14.1. The summed E-state index contributed by atoms with van der Waals surface area (Å²) in [7, 11) is 0. The fourth-order valence-electron chi connectivity index (χ4n) is 3.36. The van der Waals surface area contributed by atoms with Crippen LogP contribution in [-0.2, 0) is 0 Å². The molecule has 4 heterocycles. The summed E-state index contributed by atoms with van der Waals surface area (Å²) in [4.78, 5) is 35.3. The van der Waals surface area contributed by atoms with Crippen LogP contribution in [0.2, 0.25) is 0 Å². The molecule has 3 aromatic heterocycles.